The number of morpholine rings is 1. The summed E-state index contributed by atoms with van der Waals surface area (Å²) in [7, 11) is 1.66. The summed E-state index contributed by atoms with van der Waals surface area (Å²) in [6.45, 7) is 16.4. The maximum atomic E-state index is 6.04. The zero-order valence-electron chi connectivity index (χ0n) is 16.7. The first kappa shape index (κ1) is 20.0. The van der Waals surface area contributed by atoms with Crippen LogP contribution in [-0.4, -0.2) is 56.4 Å². The van der Waals surface area contributed by atoms with E-state index in [4.69, 9.17) is 19.2 Å². The molecule has 0 radical (unpaired) electrons. The van der Waals surface area contributed by atoms with Crippen LogP contribution in [0.5, 0.6) is 11.6 Å². The summed E-state index contributed by atoms with van der Waals surface area (Å²) in [5.41, 5.74) is 2.33. The van der Waals surface area contributed by atoms with Gasteiger partial charge in [-0.1, -0.05) is 34.6 Å². The van der Waals surface area contributed by atoms with Gasteiger partial charge in [0.2, 0.25) is 0 Å². The zero-order valence-corrected chi connectivity index (χ0v) is 16.7. The minimum atomic E-state index is 0.0186. The van der Waals surface area contributed by atoms with Crippen molar-refractivity contribution in [3.63, 3.8) is 0 Å². The lowest BCUT2D eigenvalue weighted by Crippen LogP contribution is -2.37. The van der Waals surface area contributed by atoms with Gasteiger partial charge in [0.25, 0.3) is 5.88 Å². The summed E-state index contributed by atoms with van der Waals surface area (Å²) in [4.78, 5) is 7.17. The first-order chi connectivity index (χ1) is 11.8. The number of rotatable bonds is 7. The molecule has 142 valence electrons. The lowest BCUT2D eigenvalue weighted by atomic mass is 9.83. The average molecular weight is 351 g/mol. The van der Waals surface area contributed by atoms with Crippen molar-refractivity contribution in [2.75, 3.05) is 46.6 Å². The first-order valence-corrected chi connectivity index (χ1v) is 9.35. The number of hydrogen-bond acceptors (Lipinski definition) is 5. The van der Waals surface area contributed by atoms with Crippen LogP contribution in [0.3, 0.4) is 0 Å². The molecule has 0 amide bonds. The highest BCUT2D eigenvalue weighted by Crippen LogP contribution is 2.36. The molecule has 2 heterocycles. The van der Waals surface area contributed by atoms with Gasteiger partial charge in [-0.15, -0.1) is 0 Å². The molecule has 0 unspecified atom stereocenters. The molecule has 1 aliphatic heterocycles. The normalized spacial score (nSPS) is 16.3. The second-order valence-electron chi connectivity index (χ2n) is 7.99. The molecule has 0 spiro atoms. The van der Waals surface area contributed by atoms with E-state index in [-0.39, 0.29) is 5.41 Å². The van der Waals surface area contributed by atoms with Crippen LogP contribution >= 0.6 is 0 Å². The maximum Gasteiger partial charge on any atom is 0.257 e. The summed E-state index contributed by atoms with van der Waals surface area (Å²) >= 11 is 0. The molecule has 5 nitrogen and oxygen atoms in total. The van der Waals surface area contributed by atoms with Crippen molar-refractivity contribution in [2.45, 2.75) is 52.4 Å². The number of pyridine rings is 1. The largest absolute Gasteiger partial charge is 0.488 e. The fourth-order valence-corrected chi connectivity index (χ4v) is 3.08. The second-order valence-corrected chi connectivity index (χ2v) is 7.99. The van der Waals surface area contributed by atoms with Gasteiger partial charge < -0.3 is 14.2 Å². The molecule has 2 rings (SSSR count). The number of nitrogens with zero attached hydrogens (tertiary/aromatic N) is 2. The Balaban J connectivity index is 2.05. The first-order valence-electron chi connectivity index (χ1n) is 9.35. The Labute approximate surface area is 152 Å². The monoisotopic (exact) mass is 350 g/mol. The molecule has 0 aromatic carbocycles. The van der Waals surface area contributed by atoms with Gasteiger partial charge in [0.1, 0.15) is 0 Å². The van der Waals surface area contributed by atoms with E-state index in [0.29, 0.717) is 18.4 Å². The quantitative estimate of drug-likeness (QED) is 0.703. The molecule has 0 aliphatic carbocycles. The molecular weight excluding hydrogens is 316 g/mol. The number of hydrogen-bond donors (Lipinski definition) is 0. The zero-order chi connectivity index (χ0) is 18.4. The summed E-state index contributed by atoms with van der Waals surface area (Å²) < 4.78 is 16.9. The van der Waals surface area contributed by atoms with E-state index in [2.05, 4.69) is 45.6 Å². The Morgan fingerprint density at radius 2 is 1.92 bits per heavy atom. The van der Waals surface area contributed by atoms with Gasteiger partial charge in [0, 0.05) is 19.6 Å². The fourth-order valence-electron chi connectivity index (χ4n) is 3.08. The van der Waals surface area contributed by atoms with E-state index >= 15 is 0 Å². The smallest absolute Gasteiger partial charge is 0.257 e. The standard InChI is InChI=1S/C20H34N2O3/c1-15(2)18-16(20(3,4)5)14-17(19(21-18)23-6)25-11-7-8-22-9-12-24-13-10-22/h14-15H,7-13H2,1-6H3. The molecule has 1 aliphatic rings. The average Bonchev–Trinajstić information content (AvgIpc) is 2.58. The van der Waals surface area contributed by atoms with Crippen LogP contribution < -0.4 is 9.47 Å². The second kappa shape index (κ2) is 8.86. The highest BCUT2D eigenvalue weighted by molar-refractivity contribution is 5.43. The molecule has 25 heavy (non-hydrogen) atoms. The maximum absolute atomic E-state index is 6.04. The third-order valence-electron chi connectivity index (χ3n) is 4.51. The Morgan fingerprint density at radius 3 is 2.48 bits per heavy atom. The third kappa shape index (κ3) is 5.58. The van der Waals surface area contributed by atoms with Crippen LogP contribution in [0.2, 0.25) is 0 Å². The topological polar surface area (TPSA) is 43.8 Å². The third-order valence-corrected chi connectivity index (χ3v) is 4.51. The van der Waals surface area contributed by atoms with Crippen molar-refractivity contribution in [1.29, 1.82) is 0 Å². The molecule has 5 heteroatoms. The predicted octanol–water partition coefficient (Wildman–Crippen LogP) is 3.61. The fraction of sp³-hybridized carbons (Fsp3) is 0.750. The van der Waals surface area contributed by atoms with Crippen LogP contribution in [0.4, 0.5) is 0 Å². The highest BCUT2D eigenvalue weighted by atomic mass is 16.5. The molecule has 0 N–H and O–H groups in total. The van der Waals surface area contributed by atoms with Crippen molar-refractivity contribution < 1.29 is 14.2 Å². The number of methoxy groups -OCH3 is 1. The molecule has 1 aromatic rings. The van der Waals surface area contributed by atoms with Crippen LogP contribution in [0.25, 0.3) is 0 Å². The molecule has 0 saturated carbocycles. The number of aromatic nitrogens is 1. The highest BCUT2D eigenvalue weighted by Gasteiger charge is 2.24. The molecule has 0 atom stereocenters. The number of ether oxygens (including phenoxy) is 3. The lowest BCUT2D eigenvalue weighted by molar-refractivity contribution is 0.0357. The van der Waals surface area contributed by atoms with Crippen molar-refractivity contribution in [1.82, 2.24) is 9.88 Å². The van der Waals surface area contributed by atoms with E-state index in [1.165, 1.54) is 5.56 Å². The van der Waals surface area contributed by atoms with E-state index in [9.17, 15) is 0 Å². The molecular formula is C20H34N2O3. The van der Waals surface area contributed by atoms with Gasteiger partial charge >= 0.3 is 0 Å². The molecule has 1 fully saturated rings. The van der Waals surface area contributed by atoms with Crippen LogP contribution in [0.1, 0.15) is 58.2 Å². The van der Waals surface area contributed by atoms with E-state index in [1.807, 2.05) is 0 Å². The SMILES string of the molecule is COc1nc(C(C)C)c(C(C)(C)C)cc1OCCCN1CCOCC1. The van der Waals surface area contributed by atoms with Crippen molar-refractivity contribution in [3.8, 4) is 11.6 Å². The van der Waals surface area contributed by atoms with Crippen molar-refractivity contribution in [3.05, 3.63) is 17.3 Å². The molecule has 0 bridgehead atoms. The van der Waals surface area contributed by atoms with Gasteiger partial charge in [0.15, 0.2) is 5.75 Å². The molecule has 1 saturated heterocycles. The minimum absolute atomic E-state index is 0.0186. The summed E-state index contributed by atoms with van der Waals surface area (Å²) in [5, 5.41) is 0. The predicted molar refractivity (Wildman–Crippen MR) is 101 cm³/mol. The van der Waals surface area contributed by atoms with Crippen LogP contribution in [0.15, 0.2) is 6.07 Å². The van der Waals surface area contributed by atoms with Gasteiger partial charge in [-0.25, -0.2) is 4.98 Å². The Hall–Kier alpha value is -1.33. The van der Waals surface area contributed by atoms with E-state index in [0.717, 1.165) is 50.7 Å². The van der Waals surface area contributed by atoms with Crippen LogP contribution in [0, 0.1) is 0 Å². The van der Waals surface area contributed by atoms with Gasteiger partial charge in [-0.3, -0.25) is 4.90 Å². The van der Waals surface area contributed by atoms with Crippen LogP contribution in [-0.2, 0) is 10.2 Å². The van der Waals surface area contributed by atoms with Gasteiger partial charge in [-0.05, 0) is 29.4 Å². The van der Waals surface area contributed by atoms with Gasteiger partial charge in [-0.2, -0.15) is 0 Å². The Bertz CT molecular complexity index is 547. The van der Waals surface area contributed by atoms with Gasteiger partial charge in [0.05, 0.1) is 32.6 Å². The lowest BCUT2D eigenvalue weighted by Gasteiger charge is -2.27. The summed E-state index contributed by atoms with van der Waals surface area (Å²) in [5.74, 6) is 1.68. The summed E-state index contributed by atoms with van der Waals surface area (Å²) in [6.07, 6.45) is 0.986. The molecule has 1 aromatic heterocycles. The Kier molecular flexibility index (Phi) is 7.08. The van der Waals surface area contributed by atoms with E-state index < -0.39 is 0 Å². The Morgan fingerprint density at radius 1 is 1.24 bits per heavy atom. The summed E-state index contributed by atoms with van der Waals surface area (Å²) in [6, 6.07) is 2.12. The minimum Gasteiger partial charge on any atom is -0.488 e. The van der Waals surface area contributed by atoms with E-state index in [1.54, 1.807) is 7.11 Å². The van der Waals surface area contributed by atoms with Crippen molar-refractivity contribution >= 4 is 0 Å². The van der Waals surface area contributed by atoms with Crippen molar-refractivity contribution in [2.24, 2.45) is 0 Å².